The molecule has 6 heteroatoms. The molecule has 17 heavy (non-hydrogen) atoms. The molecule has 0 atom stereocenters. The number of nitrogens with one attached hydrogen (secondary N) is 2. The van der Waals surface area contributed by atoms with Crippen LogP contribution in [0.4, 0.5) is 5.82 Å². The first kappa shape index (κ1) is 11.5. The van der Waals surface area contributed by atoms with Gasteiger partial charge in [-0.25, -0.2) is 9.78 Å². The minimum Gasteiger partial charge on any atom is -0.307 e. The summed E-state index contributed by atoms with van der Waals surface area (Å²) in [6.07, 6.45) is 1.33. The summed E-state index contributed by atoms with van der Waals surface area (Å²) in [7, 11) is 0. The van der Waals surface area contributed by atoms with Gasteiger partial charge in [-0.15, -0.1) is 0 Å². The summed E-state index contributed by atoms with van der Waals surface area (Å²) in [6, 6.07) is 8.71. The highest BCUT2D eigenvalue weighted by Gasteiger charge is 2.08. The van der Waals surface area contributed by atoms with Crippen molar-refractivity contribution in [3.05, 3.63) is 57.0 Å². The van der Waals surface area contributed by atoms with E-state index < -0.39 is 5.69 Å². The van der Waals surface area contributed by atoms with Crippen molar-refractivity contribution in [3.8, 4) is 0 Å². The molecule has 2 N–H and O–H groups in total. The number of carbonyl (C=O) groups excluding carboxylic acids is 1. The summed E-state index contributed by atoms with van der Waals surface area (Å²) in [6.45, 7) is 0. The average molecular weight is 294 g/mol. The SMILES string of the molecule is O=C(Nc1[nH]c(=O)ncc1Br)c1ccccc1. The topological polar surface area (TPSA) is 74.8 Å². The van der Waals surface area contributed by atoms with Gasteiger partial charge in [0.1, 0.15) is 5.82 Å². The lowest BCUT2D eigenvalue weighted by Crippen LogP contribution is -2.18. The van der Waals surface area contributed by atoms with Crippen LogP contribution in [0, 0.1) is 0 Å². The first-order chi connectivity index (χ1) is 8.16. The summed E-state index contributed by atoms with van der Waals surface area (Å²) in [5.74, 6) is -0.00740. The highest BCUT2D eigenvalue weighted by atomic mass is 79.9. The number of H-pyrrole nitrogens is 1. The Kier molecular flexibility index (Phi) is 3.34. The second-order valence-corrected chi connectivity index (χ2v) is 4.09. The predicted octanol–water partition coefficient (Wildman–Crippen LogP) is 1.78. The number of aromatic amines is 1. The van der Waals surface area contributed by atoms with Crippen molar-refractivity contribution in [1.29, 1.82) is 0 Å². The monoisotopic (exact) mass is 293 g/mol. The molecule has 5 nitrogen and oxygen atoms in total. The number of hydrogen-bond acceptors (Lipinski definition) is 3. The zero-order valence-corrected chi connectivity index (χ0v) is 10.2. The van der Waals surface area contributed by atoms with Gasteiger partial charge in [0.05, 0.1) is 10.7 Å². The first-order valence-corrected chi connectivity index (χ1v) is 5.57. The van der Waals surface area contributed by atoms with Gasteiger partial charge in [-0.1, -0.05) is 18.2 Å². The lowest BCUT2D eigenvalue weighted by Gasteiger charge is -2.05. The van der Waals surface area contributed by atoms with Crippen molar-refractivity contribution in [2.75, 3.05) is 5.32 Å². The van der Waals surface area contributed by atoms with Crippen LogP contribution in [0.5, 0.6) is 0 Å². The van der Waals surface area contributed by atoms with Crippen molar-refractivity contribution in [2.24, 2.45) is 0 Å². The number of rotatable bonds is 2. The zero-order chi connectivity index (χ0) is 12.3. The second-order valence-electron chi connectivity index (χ2n) is 3.23. The van der Waals surface area contributed by atoms with E-state index in [0.29, 0.717) is 15.9 Å². The third-order valence-electron chi connectivity index (χ3n) is 2.04. The minimum absolute atomic E-state index is 0.291. The van der Waals surface area contributed by atoms with Crippen LogP contribution in [0.2, 0.25) is 0 Å². The van der Waals surface area contributed by atoms with Crippen molar-refractivity contribution < 1.29 is 4.79 Å². The van der Waals surface area contributed by atoms with E-state index in [1.54, 1.807) is 24.3 Å². The predicted molar refractivity (Wildman–Crippen MR) is 67.0 cm³/mol. The highest BCUT2D eigenvalue weighted by Crippen LogP contribution is 2.16. The maximum absolute atomic E-state index is 11.8. The van der Waals surface area contributed by atoms with Gasteiger partial charge in [-0.2, -0.15) is 0 Å². The van der Waals surface area contributed by atoms with Gasteiger partial charge in [-0.05, 0) is 28.1 Å². The molecule has 0 saturated heterocycles. The number of aromatic nitrogens is 2. The molecule has 0 spiro atoms. The van der Waals surface area contributed by atoms with E-state index in [4.69, 9.17) is 0 Å². The van der Waals surface area contributed by atoms with E-state index in [9.17, 15) is 9.59 Å². The molecule has 1 heterocycles. The molecule has 0 aliphatic rings. The Morgan fingerprint density at radius 1 is 1.29 bits per heavy atom. The van der Waals surface area contributed by atoms with Crippen LogP contribution >= 0.6 is 15.9 Å². The molecule has 0 radical (unpaired) electrons. The number of amides is 1. The van der Waals surface area contributed by atoms with Gasteiger partial charge in [0.2, 0.25) is 0 Å². The van der Waals surface area contributed by atoms with Crippen LogP contribution in [0.1, 0.15) is 10.4 Å². The van der Waals surface area contributed by atoms with Crippen LogP contribution in [-0.4, -0.2) is 15.9 Å². The molecule has 1 aromatic heterocycles. The molecule has 0 fully saturated rings. The summed E-state index contributed by atoms with van der Waals surface area (Å²) < 4.78 is 0.515. The van der Waals surface area contributed by atoms with E-state index >= 15 is 0 Å². The fraction of sp³-hybridized carbons (Fsp3) is 0. The number of benzene rings is 1. The van der Waals surface area contributed by atoms with E-state index in [1.807, 2.05) is 6.07 Å². The molecule has 2 rings (SSSR count). The Bertz CT molecular complexity index is 595. The summed E-state index contributed by atoms with van der Waals surface area (Å²) in [5.41, 5.74) is -0.00590. The minimum atomic E-state index is -0.517. The molecule has 1 amide bonds. The number of halogens is 1. The quantitative estimate of drug-likeness (QED) is 0.886. The Balaban J connectivity index is 2.25. The maximum Gasteiger partial charge on any atom is 0.346 e. The van der Waals surface area contributed by atoms with Crippen LogP contribution in [-0.2, 0) is 0 Å². The second kappa shape index (κ2) is 4.92. The highest BCUT2D eigenvalue weighted by molar-refractivity contribution is 9.10. The molecule has 0 aliphatic carbocycles. The Morgan fingerprint density at radius 3 is 2.71 bits per heavy atom. The molecule has 0 saturated carbocycles. The molecular formula is C11H8BrN3O2. The van der Waals surface area contributed by atoms with E-state index in [1.165, 1.54) is 6.20 Å². The summed E-state index contributed by atoms with van der Waals surface area (Å²) in [4.78, 5) is 28.8. The first-order valence-electron chi connectivity index (χ1n) is 4.78. The molecule has 0 aliphatic heterocycles. The van der Waals surface area contributed by atoms with Crippen molar-refractivity contribution in [3.63, 3.8) is 0 Å². The molecular weight excluding hydrogens is 286 g/mol. The van der Waals surface area contributed by atoms with Crippen molar-refractivity contribution in [1.82, 2.24) is 9.97 Å². The number of carbonyl (C=O) groups is 1. The smallest absolute Gasteiger partial charge is 0.307 e. The zero-order valence-electron chi connectivity index (χ0n) is 8.61. The summed E-state index contributed by atoms with van der Waals surface area (Å²) >= 11 is 3.18. The van der Waals surface area contributed by atoms with Gasteiger partial charge >= 0.3 is 5.69 Å². The van der Waals surface area contributed by atoms with E-state index in [0.717, 1.165) is 0 Å². The third kappa shape index (κ3) is 2.79. The average Bonchev–Trinajstić information content (AvgIpc) is 2.35. The number of nitrogens with zero attached hydrogens (tertiary/aromatic N) is 1. The lowest BCUT2D eigenvalue weighted by molar-refractivity contribution is 0.102. The van der Waals surface area contributed by atoms with Gasteiger partial charge in [0, 0.05) is 5.56 Å². The number of anilines is 1. The normalized spacial score (nSPS) is 9.94. The Labute approximate surface area is 105 Å². The Morgan fingerprint density at radius 2 is 2.00 bits per heavy atom. The van der Waals surface area contributed by atoms with Crippen LogP contribution in [0.25, 0.3) is 0 Å². The van der Waals surface area contributed by atoms with Gasteiger partial charge in [-0.3, -0.25) is 9.78 Å². The van der Waals surface area contributed by atoms with Crippen molar-refractivity contribution >= 4 is 27.7 Å². The van der Waals surface area contributed by atoms with Gasteiger partial charge in [0.25, 0.3) is 5.91 Å². The molecule has 86 valence electrons. The number of hydrogen-bond donors (Lipinski definition) is 2. The Hall–Kier alpha value is -1.95. The van der Waals surface area contributed by atoms with Crippen molar-refractivity contribution in [2.45, 2.75) is 0 Å². The van der Waals surface area contributed by atoms with Gasteiger partial charge in [0.15, 0.2) is 0 Å². The maximum atomic E-state index is 11.8. The van der Waals surface area contributed by atoms with Crippen LogP contribution in [0.15, 0.2) is 45.8 Å². The molecule has 1 aromatic carbocycles. The lowest BCUT2D eigenvalue weighted by atomic mass is 10.2. The molecule has 0 unspecified atom stereocenters. The van der Waals surface area contributed by atoms with E-state index in [-0.39, 0.29) is 5.91 Å². The van der Waals surface area contributed by atoms with E-state index in [2.05, 4.69) is 31.2 Å². The largest absolute Gasteiger partial charge is 0.346 e. The third-order valence-corrected chi connectivity index (χ3v) is 2.64. The fourth-order valence-electron chi connectivity index (χ4n) is 1.24. The van der Waals surface area contributed by atoms with Crippen LogP contribution < -0.4 is 11.0 Å². The molecule has 0 bridgehead atoms. The fourth-order valence-corrected chi connectivity index (χ4v) is 1.55. The summed E-state index contributed by atoms with van der Waals surface area (Å²) in [5, 5.41) is 2.59. The van der Waals surface area contributed by atoms with Gasteiger partial charge < -0.3 is 5.32 Å². The van der Waals surface area contributed by atoms with Crippen LogP contribution in [0.3, 0.4) is 0 Å². The molecule has 2 aromatic rings. The standard InChI is InChI=1S/C11H8BrN3O2/c12-8-6-13-11(17)15-9(8)14-10(16)7-4-2-1-3-5-7/h1-6H,(H2,13,14,15,16,17).